The van der Waals surface area contributed by atoms with E-state index in [0.29, 0.717) is 12.6 Å². The Hall–Kier alpha value is -1.39. The van der Waals surface area contributed by atoms with Crippen LogP contribution in [0, 0.1) is 0 Å². The lowest BCUT2D eigenvalue weighted by Crippen LogP contribution is -2.42. The first-order valence-corrected chi connectivity index (χ1v) is 5.37. The summed E-state index contributed by atoms with van der Waals surface area (Å²) in [4.78, 5) is 13.1. The third-order valence-corrected chi connectivity index (χ3v) is 2.68. The normalized spacial score (nSPS) is 12.5. The van der Waals surface area contributed by atoms with E-state index in [0.717, 1.165) is 6.42 Å². The molecule has 0 heterocycles. The number of benzene rings is 1. The molecule has 4 heteroatoms. The van der Waals surface area contributed by atoms with Crippen molar-refractivity contribution in [2.45, 2.75) is 19.4 Å². The molecule has 3 N–H and O–H groups in total. The summed E-state index contributed by atoms with van der Waals surface area (Å²) in [6, 6.07) is 10.5. The lowest BCUT2D eigenvalue weighted by atomic mass is 10.1. The Bertz CT molecular complexity index is 326. The van der Waals surface area contributed by atoms with Gasteiger partial charge >= 0.3 is 0 Å². The summed E-state index contributed by atoms with van der Waals surface area (Å²) in [6.45, 7) is 2.42. The van der Waals surface area contributed by atoms with Crippen LogP contribution < -0.4 is 11.3 Å². The second-order valence-corrected chi connectivity index (χ2v) is 4.02. The summed E-state index contributed by atoms with van der Waals surface area (Å²) in [5, 5.41) is 0. The lowest BCUT2D eigenvalue weighted by Gasteiger charge is -2.23. The Labute approximate surface area is 96.4 Å². The molecular weight excluding hydrogens is 202 g/mol. The molecule has 4 nitrogen and oxygen atoms in total. The molecule has 1 aromatic carbocycles. The van der Waals surface area contributed by atoms with E-state index >= 15 is 0 Å². The van der Waals surface area contributed by atoms with Gasteiger partial charge in [-0.2, -0.15) is 0 Å². The van der Waals surface area contributed by atoms with Crippen molar-refractivity contribution in [3.05, 3.63) is 35.9 Å². The van der Waals surface area contributed by atoms with Gasteiger partial charge in [0.15, 0.2) is 0 Å². The maximum absolute atomic E-state index is 11.1. The van der Waals surface area contributed by atoms with E-state index < -0.39 is 0 Å². The molecule has 1 amide bonds. The van der Waals surface area contributed by atoms with Crippen molar-refractivity contribution < 1.29 is 4.79 Å². The van der Waals surface area contributed by atoms with E-state index in [1.807, 2.05) is 30.1 Å². The first-order chi connectivity index (χ1) is 7.63. The minimum Gasteiger partial charge on any atom is -0.295 e. The third kappa shape index (κ3) is 4.00. The second-order valence-electron chi connectivity index (χ2n) is 4.02. The summed E-state index contributed by atoms with van der Waals surface area (Å²) in [5.41, 5.74) is 3.41. The third-order valence-electron chi connectivity index (χ3n) is 2.68. The molecule has 0 aliphatic heterocycles. The fourth-order valence-electron chi connectivity index (χ4n) is 1.54. The number of hydrazine groups is 1. The molecule has 1 rings (SSSR count). The standard InChI is InChI=1S/C12H19N3O/c1-10(15(2)9-12(16)14-13)8-11-6-4-3-5-7-11/h3-7,10H,8-9,13H2,1-2H3,(H,14,16). The molecule has 0 radical (unpaired) electrons. The molecule has 0 aliphatic carbocycles. The monoisotopic (exact) mass is 221 g/mol. The van der Waals surface area contributed by atoms with Crippen molar-refractivity contribution in [3.63, 3.8) is 0 Å². The van der Waals surface area contributed by atoms with Crippen LogP contribution in [0.25, 0.3) is 0 Å². The van der Waals surface area contributed by atoms with Crippen LogP contribution in [0.5, 0.6) is 0 Å². The highest BCUT2D eigenvalue weighted by Crippen LogP contribution is 2.06. The Balaban J connectivity index is 2.46. The number of nitrogens with zero attached hydrogens (tertiary/aromatic N) is 1. The molecule has 0 bridgehead atoms. The van der Waals surface area contributed by atoms with Gasteiger partial charge in [-0.15, -0.1) is 0 Å². The Morgan fingerprint density at radius 1 is 1.44 bits per heavy atom. The summed E-state index contributed by atoms with van der Waals surface area (Å²) >= 11 is 0. The topological polar surface area (TPSA) is 58.4 Å². The maximum atomic E-state index is 11.1. The summed E-state index contributed by atoms with van der Waals surface area (Å²) in [5.74, 6) is 4.88. The molecule has 0 aromatic heterocycles. The Kier molecular flexibility index (Phi) is 4.95. The molecule has 0 saturated carbocycles. The average Bonchev–Trinajstić information content (AvgIpc) is 2.30. The van der Waals surface area contributed by atoms with Crippen molar-refractivity contribution in [2.24, 2.45) is 5.84 Å². The van der Waals surface area contributed by atoms with E-state index in [1.54, 1.807) is 0 Å². The molecule has 1 atom stereocenters. The molecular formula is C12H19N3O. The van der Waals surface area contributed by atoms with Gasteiger partial charge in [-0.3, -0.25) is 15.1 Å². The zero-order valence-corrected chi connectivity index (χ0v) is 9.81. The molecule has 0 saturated heterocycles. The van der Waals surface area contributed by atoms with Gasteiger partial charge in [0.25, 0.3) is 0 Å². The van der Waals surface area contributed by atoms with Gasteiger partial charge in [-0.1, -0.05) is 30.3 Å². The fourth-order valence-corrected chi connectivity index (χ4v) is 1.54. The highest BCUT2D eigenvalue weighted by atomic mass is 16.2. The number of hydrogen-bond acceptors (Lipinski definition) is 3. The number of rotatable bonds is 5. The van der Waals surface area contributed by atoms with E-state index in [4.69, 9.17) is 5.84 Å². The summed E-state index contributed by atoms with van der Waals surface area (Å²) < 4.78 is 0. The van der Waals surface area contributed by atoms with Gasteiger partial charge in [-0.25, -0.2) is 5.84 Å². The molecule has 0 fully saturated rings. The van der Waals surface area contributed by atoms with Crippen LogP contribution in [0.2, 0.25) is 0 Å². The number of amides is 1. The highest BCUT2D eigenvalue weighted by molar-refractivity contribution is 5.77. The highest BCUT2D eigenvalue weighted by Gasteiger charge is 2.12. The SMILES string of the molecule is CC(Cc1ccccc1)N(C)CC(=O)NN. The maximum Gasteiger partial charge on any atom is 0.248 e. The van der Waals surface area contributed by atoms with Gasteiger partial charge in [0, 0.05) is 6.04 Å². The molecule has 0 spiro atoms. The molecule has 16 heavy (non-hydrogen) atoms. The predicted molar refractivity (Wildman–Crippen MR) is 64.6 cm³/mol. The van der Waals surface area contributed by atoms with E-state index in [2.05, 4.69) is 24.5 Å². The van der Waals surface area contributed by atoms with Crippen LogP contribution in [-0.4, -0.2) is 30.4 Å². The number of nitrogens with two attached hydrogens (primary N) is 1. The summed E-state index contributed by atoms with van der Waals surface area (Å²) in [6.07, 6.45) is 0.926. The van der Waals surface area contributed by atoms with E-state index in [9.17, 15) is 4.79 Å². The number of likely N-dealkylation sites (N-methyl/N-ethyl adjacent to an activating group) is 1. The minimum atomic E-state index is -0.164. The van der Waals surface area contributed by atoms with Crippen molar-refractivity contribution >= 4 is 5.91 Å². The van der Waals surface area contributed by atoms with Gasteiger partial charge in [0.1, 0.15) is 0 Å². The van der Waals surface area contributed by atoms with Crippen LogP contribution in [0.15, 0.2) is 30.3 Å². The Morgan fingerprint density at radius 2 is 2.06 bits per heavy atom. The van der Waals surface area contributed by atoms with E-state index in [1.165, 1.54) is 5.56 Å². The van der Waals surface area contributed by atoms with Gasteiger partial charge in [0.2, 0.25) is 5.91 Å². The zero-order chi connectivity index (χ0) is 12.0. The number of carbonyl (C=O) groups is 1. The predicted octanol–water partition coefficient (Wildman–Crippen LogP) is 0.539. The first kappa shape index (κ1) is 12.7. The Morgan fingerprint density at radius 3 is 2.62 bits per heavy atom. The molecule has 0 aliphatic rings. The van der Waals surface area contributed by atoms with Gasteiger partial charge in [-0.05, 0) is 26.0 Å². The smallest absolute Gasteiger partial charge is 0.248 e. The largest absolute Gasteiger partial charge is 0.295 e. The van der Waals surface area contributed by atoms with Crippen molar-refractivity contribution in [2.75, 3.05) is 13.6 Å². The minimum absolute atomic E-state index is 0.164. The molecule has 1 aromatic rings. The number of carbonyl (C=O) groups excluding carboxylic acids is 1. The van der Waals surface area contributed by atoms with Crippen LogP contribution in [0.3, 0.4) is 0 Å². The van der Waals surface area contributed by atoms with Crippen molar-refractivity contribution in [1.29, 1.82) is 0 Å². The van der Waals surface area contributed by atoms with Gasteiger partial charge < -0.3 is 0 Å². The molecule has 1 unspecified atom stereocenters. The zero-order valence-electron chi connectivity index (χ0n) is 9.81. The average molecular weight is 221 g/mol. The van der Waals surface area contributed by atoms with Crippen molar-refractivity contribution in [3.8, 4) is 0 Å². The first-order valence-electron chi connectivity index (χ1n) is 5.37. The van der Waals surface area contributed by atoms with Crippen LogP contribution >= 0.6 is 0 Å². The summed E-state index contributed by atoms with van der Waals surface area (Å²) in [7, 11) is 1.92. The van der Waals surface area contributed by atoms with Crippen LogP contribution in [0.1, 0.15) is 12.5 Å². The van der Waals surface area contributed by atoms with Crippen molar-refractivity contribution in [1.82, 2.24) is 10.3 Å². The molecule has 88 valence electrons. The lowest BCUT2D eigenvalue weighted by molar-refractivity contribution is -0.122. The van der Waals surface area contributed by atoms with Crippen LogP contribution in [-0.2, 0) is 11.2 Å². The number of nitrogens with one attached hydrogen (secondary N) is 1. The fraction of sp³-hybridized carbons (Fsp3) is 0.417. The van der Waals surface area contributed by atoms with E-state index in [-0.39, 0.29) is 5.91 Å². The van der Waals surface area contributed by atoms with Crippen LogP contribution in [0.4, 0.5) is 0 Å². The number of hydrogen-bond donors (Lipinski definition) is 2. The quantitative estimate of drug-likeness (QED) is 0.433. The second kappa shape index (κ2) is 6.25. The van der Waals surface area contributed by atoms with Gasteiger partial charge in [0.05, 0.1) is 6.54 Å².